The number of aromatic nitrogens is 3. The number of carbonyl (C=O) groups is 2. The quantitative estimate of drug-likeness (QED) is 0.809. The number of aryl methyl sites for hydroxylation is 1. The highest BCUT2D eigenvalue weighted by molar-refractivity contribution is 5.88. The summed E-state index contributed by atoms with van der Waals surface area (Å²) < 4.78 is 2.08. The van der Waals surface area contributed by atoms with Crippen molar-refractivity contribution in [3.63, 3.8) is 0 Å². The van der Waals surface area contributed by atoms with Gasteiger partial charge in [0.05, 0.1) is 12.5 Å². The Bertz CT molecular complexity index is 595. The van der Waals surface area contributed by atoms with E-state index < -0.39 is 0 Å². The molecule has 3 heterocycles. The molecular weight excluding hydrogens is 282 g/mol. The molecule has 0 spiro atoms. The SMILES string of the molecule is C=CC(=O)N1CCC[C@@H](C(=O)NCc2nnc3n2CCC3)C1. The maximum atomic E-state index is 12.3. The molecule has 0 radical (unpaired) electrons. The van der Waals surface area contributed by atoms with E-state index in [0.717, 1.165) is 43.9 Å². The standard InChI is InChI=1S/C15H21N5O2/c1-2-14(21)19-7-3-5-11(10-19)15(22)16-9-13-18-17-12-6-4-8-20(12)13/h2,11H,1,3-10H2,(H,16,22)/t11-/m1/s1. The Balaban J connectivity index is 1.55. The summed E-state index contributed by atoms with van der Waals surface area (Å²) in [5.41, 5.74) is 0. The minimum Gasteiger partial charge on any atom is -0.348 e. The van der Waals surface area contributed by atoms with E-state index in [-0.39, 0.29) is 17.7 Å². The van der Waals surface area contributed by atoms with Gasteiger partial charge in [0.1, 0.15) is 5.82 Å². The molecule has 3 rings (SSSR count). The second-order valence-electron chi connectivity index (χ2n) is 5.83. The molecule has 7 heteroatoms. The summed E-state index contributed by atoms with van der Waals surface area (Å²) in [5.74, 6) is 1.55. The molecule has 2 aliphatic rings. The van der Waals surface area contributed by atoms with Crippen molar-refractivity contribution in [3.05, 3.63) is 24.3 Å². The van der Waals surface area contributed by atoms with Crippen LogP contribution in [0.1, 0.15) is 30.9 Å². The van der Waals surface area contributed by atoms with Crippen LogP contribution < -0.4 is 5.32 Å². The normalized spacial score (nSPS) is 20.5. The van der Waals surface area contributed by atoms with Crippen LogP contribution in [0.3, 0.4) is 0 Å². The maximum absolute atomic E-state index is 12.3. The molecule has 22 heavy (non-hydrogen) atoms. The minimum atomic E-state index is -0.154. The Kier molecular flexibility index (Phi) is 4.22. The molecule has 7 nitrogen and oxygen atoms in total. The number of carbonyl (C=O) groups excluding carboxylic acids is 2. The van der Waals surface area contributed by atoms with Gasteiger partial charge in [0.25, 0.3) is 0 Å². The number of amides is 2. The average Bonchev–Trinajstić information content (AvgIpc) is 3.15. The van der Waals surface area contributed by atoms with E-state index in [1.54, 1.807) is 4.90 Å². The summed E-state index contributed by atoms with van der Waals surface area (Å²) in [6.45, 7) is 6.00. The van der Waals surface area contributed by atoms with Gasteiger partial charge in [0.15, 0.2) is 5.82 Å². The Labute approximate surface area is 129 Å². The zero-order valence-corrected chi connectivity index (χ0v) is 12.6. The highest BCUT2D eigenvalue weighted by Gasteiger charge is 2.27. The van der Waals surface area contributed by atoms with Crippen LogP contribution in [-0.4, -0.2) is 44.6 Å². The Hall–Kier alpha value is -2.18. The van der Waals surface area contributed by atoms with Crippen molar-refractivity contribution in [2.24, 2.45) is 5.92 Å². The number of rotatable bonds is 4. The third-order valence-corrected chi connectivity index (χ3v) is 4.39. The van der Waals surface area contributed by atoms with Gasteiger partial charge in [-0.25, -0.2) is 0 Å². The molecule has 2 amide bonds. The van der Waals surface area contributed by atoms with E-state index in [1.807, 2.05) is 0 Å². The lowest BCUT2D eigenvalue weighted by Crippen LogP contribution is -2.44. The van der Waals surface area contributed by atoms with Gasteiger partial charge in [0.2, 0.25) is 11.8 Å². The monoisotopic (exact) mass is 303 g/mol. The summed E-state index contributed by atoms with van der Waals surface area (Å²) in [5, 5.41) is 11.2. The molecule has 0 aliphatic carbocycles. The Morgan fingerprint density at radius 2 is 2.18 bits per heavy atom. The van der Waals surface area contributed by atoms with Crippen LogP contribution in [0.15, 0.2) is 12.7 Å². The second kappa shape index (κ2) is 6.29. The van der Waals surface area contributed by atoms with Crippen molar-refractivity contribution in [3.8, 4) is 0 Å². The molecule has 1 aromatic heterocycles. The lowest BCUT2D eigenvalue weighted by atomic mass is 9.97. The van der Waals surface area contributed by atoms with Gasteiger partial charge < -0.3 is 14.8 Å². The third kappa shape index (κ3) is 2.88. The summed E-state index contributed by atoms with van der Waals surface area (Å²) in [7, 11) is 0. The lowest BCUT2D eigenvalue weighted by Gasteiger charge is -2.31. The first-order valence-corrected chi connectivity index (χ1v) is 7.79. The molecule has 1 fully saturated rings. The van der Waals surface area contributed by atoms with Crippen molar-refractivity contribution < 1.29 is 9.59 Å². The predicted molar refractivity (Wildman–Crippen MR) is 79.7 cm³/mol. The largest absolute Gasteiger partial charge is 0.348 e. The molecule has 0 saturated carbocycles. The van der Waals surface area contributed by atoms with Crippen LogP contribution in [0, 0.1) is 5.92 Å². The first-order chi connectivity index (χ1) is 10.7. The molecule has 0 unspecified atom stereocenters. The number of nitrogens with zero attached hydrogens (tertiary/aromatic N) is 4. The highest BCUT2D eigenvalue weighted by Crippen LogP contribution is 2.18. The smallest absolute Gasteiger partial charge is 0.245 e. The number of fused-ring (bicyclic) bond motifs is 1. The average molecular weight is 303 g/mol. The number of likely N-dealkylation sites (tertiary alicyclic amines) is 1. The Morgan fingerprint density at radius 1 is 1.32 bits per heavy atom. The summed E-state index contributed by atoms with van der Waals surface area (Å²) in [6, 6.07) is 0. The van der Waals surface area contributed by atoms with E-state index in [1.165, 1.54) is 6.08 Å². The van der Waals surface area contributed by atoms with E-state index >= 15 is 0 Å². The Morgan fingerprint density at radius 3 is 3.00 bits per heavy atom. The number of hydrogen-bond acceptors (Lipinski definition) is 4. The second-order valence-corrected chi connectivity index (χ2v) is 5.83. The van der Waals surface area contributed by atoms with Crippen LogP contribution in [0.2, 0.25) is 0 Å². The zero-order valence-electron chi connectivity index (χ0n) is 12.6. The van der Waals surface area contributed by atoms with Crippen molar-refractivity contribution >= 4 is 11.8 Å². The number of hydrogen-bond donors (Lipinski definition) is 1. The molecule has 2 aliphatic heterocycles. The predicted octanol–water partition coefficient (Wildman–Crippen LogP) is 0.265. The van der Waals surface area contributed by atoms with Gasteiger partial charge in [0, 0.05) is 26.1 Å². The third-order valence-electron chi connectivity index (χ3n) is 4.39. The maximum Gasteiger partial charge on any atom is 0.245 e. The van der Waals surface area contributed by atoms with Crippen LogP contribution in [-0.2, 0) is 29.1 Å². The van der Waals surface area contributed by atoms with Crippen molar-refractivity contribution in [2.75, 3.05) is 13.1 Å². The van der Waals surface area contributed by atoms with E-state index in [4.69, 9.17) is 0 Å². The summed E-state index contributed by atoms with van der Waals surface area (Å²) in [6.07, 6.45) is 5.01. The van der Waals surface area contributed by atoms with Gasteiger partial charge >= 0.3 is 0 Å². The number of piperidine rings is 1. The van der Waals surface area contributed by atoms with Gasteiger partial charge in [-0.1, -0.05) is 6.58 Å². The van der Waals surface area contributed by atoms with Gasteiger partial charge in [-0.05, 0) is 25.3 Å². The van der Waals surface area contributed by atoms with E-state index in [9.17, 15) is 9.59 Å². The highest BCUT2D eigenvalue weighted by atomic mass is 16.2. The fourth-order valence-electron chi connectivity index (χ4n) is 3.17. The van der Waals surface area contributed by atoms with E-state index in [2.05, 4.69) is 26.7 Å². The first kappa shape index (κ1) is 14.7. The summed E-state index contributed by atoms with van der Waals surface area (Å²) >= 11 is 0. The number of nitrogens with one attached hydrogen (secondary N) is 1. The fourth-order valence-corrected chi connectivity index (χ4v) is 3.17. The molecule has 0 bridgehead atoms. The molecule has 1 N–H and O–H groups in total. The zero-order chi connectivity index (χ0) is 15.5. The lowest BCUT2D eigenvalue weighted by molar-refractivity contribution is -0.132. The molecule has 1 saturated heterocycles. The van der Waals surface area contributed by atoms with Crippen molar-refractivity contribution in [2.45, 2.75) is 38.8 Å². The molecule has 1 aromatic rings. The molecular formula is C15H21N5O2. The van der Waals surface area contributed by atoms with Crippen LogP contribution in [0.5, 0.6) is 0 Å². The fraction of sp³-hybridized carbons (Fsp3) is 0.600. The van der Waals surface area contributed by atoms with E-state index in [0.29, 0.717) is 19.6 Å². The van der Waals surface area contributed by atoms with Crippen molar-refractivity contribution in [1.82, 2.24) is 25.0 Å². The van der Waals surface area contributed by atoms with Gasteiger partial charge in [-0.15, -0.1) is 10.2 Å². The topological polar surface area (TPSA) is 80.1 Å². The molecule has 0 aromatic carbocycles. The molecule has 118 valence electrons. The van der Waals surface area contributed by atoms with Crippen LogP contribution >= 0.6 is 0 Å². The first-order valence-electron chi connectivity index (χ1n) is 7.79. The van der Waals surface area contributed by atoms with Crippen molar-refractivity contribution in [1.29, 1.82) is 0 Å². The van der Waals surface area contributed by atoms with Gasteiger partial charge in [-0.3, -0.25) is 9.59 Å². The van der Waals surface area contributed by atoms with Crippen LogP contribution in [0.25, 0.3) is 0 Å². The summed E-state index contributed by atoms with van der Waals surface area (Å²) in [4.78, 5) is 25.7. The van der Waals surface area contributed by atoms with Crippen LogP contribution in [0.4, 0.5) is 0 Å². The minimum absolute atomic E-state index is 0.0168. The molecule has 1 atom stereocenters. The van der Waals surface area contributed by atoms with Gasteiger partial charge in [-0.2, -0.15) is 0 Å².